The van der Waals surface area contributed by atoms with Crippen LogP contribution in [-0.4, -0.2) is 28.2 Å². The maximum atomic E-state index is 12.8. The van der Waals surface area contributed by atoms with Gasteiger partial charge in [-0.3, -0.25) is 0 Å². The Balaban J connectivity index is 1.95. The molecule has 1 aromatic carbocycles. The van der Waals surface area contributed by atoms with Gasteiger partial charge in [0.05, 0.1) is 17.1 Å². The van der Waals surface area contributed by atoms with E-state index in [0.717, 1.165) is 0 Å². The number of nitrogens with one attached hydrogen (secondary N) is 1. The quantitative estimate of drug-likeness (QED) is 0.747. The van der Waals surface area contributed by atoms with Crippen LogP contribution < -0.4 is 4.72 Å². The third-order valence-electron chi connectivity index (χ3n) is 3.85. The van der Waals surface area contributed by atoms with E-state index in [2.05, 4.69) is 19.9 Å². The van der Waals surface area contributed by atoms with Crippen LogP contribution in [0.5, 0.6) is 0 Å². The topological polar surface area (TPSA) is 103 Å². The standard InChI is InChI=1S/C16H19N5O3S/c1-10-5-6-13(14-8-17-12(3)24-14)7-15(10)25(22,23)20-11(2)16-19-18-9-21(16)4/h5-9,11,20H,1-4H3. The van der Waals surface area contributed by atoms with E-state index in [0.29, 0.717) is 28.6 Å². The summed E-state index contributed by atoms with van der Waals surface area (Å²) < 4.78 is 35.5. The van der Waals surface area contributed by atoms with Crippen molar-refractivity contribution in [3.05, 3.63) is 48.0 Å². The van der Waals surface area contributed by atoms with Crippen molar-refractivity contribution < 1.29 is 12.8 Å². The van der Waals surface area contributed by atoms with Crippen molar-refractivity contribution in [2.24, 2.45) is 7.05 Å². The summed E-state index contributed by atoms with van der Waals surface area (Å²) in [6.07, 6.45) is 3.10. The molecule has 1 N–H and O–H groups in total. The maximum Gasteiger partial charge on any atom is 0.241 e. The molecule has 0 aliphatic carbocycles. The number of aryl methyl sites for hydroxylation is 3. The summed E-state index contributed by atoms with van der Waals surface area (Å²) in [5, 5.41) is 7.72. The van der Waals surface area contributed by atoms with E-state index in [-0.39, 0.29) is 4.90 Å². The van der Waals surface area contributed by atoms with E-state index in [1.807, 2.05) is 0 Å². The lowest BCUT2D eigenvalue weighted by Crippen LogP contribution is -2.29. The maximum absolute atomic E-state index is 12.8. The summed E-state index contributed by atoms with van der Waals surface area (Å²) in [7, 11) is -1.99. The van der Waals surface area contributed by atoms with Gasteiger partial charge in [0, 0.05) is 19.5 Å². The summed E-state index contributed by atoms with van der Waals surface area (Å²) in [6, 6.07) is 4.61. The van der Waals surface area contributed by atoms with Crippen molar-refractivity contribution in [3.8, 4) is 11.3 Å². The summed E-state index contributed by atoms with van der Waals surface area (Å²) in [4.78, 5) is 4.24. The number of oxazole rings is 1. The van der Waals surface area contributed by atoms with Crippen LogP contribution >= 0.6 is 0 Å². The monoisotopic (exact) mass is 361 g/mol. The van der Waals surface area contributed by atoms with Crippen LogP contribution in [0.3, 0.4) is 0 Å². The van der Waals surface area contributed by atoms with Crippen molar-refractivity contribution in [3.63, 3.8) is 0 Å². The van der Waals surface area contributed by atoms with Gasteiger partial charge >= 0.3 is 0 Å². The molecule has 8 nitrogen and oxygen atoms in total. The van der Waals surface area contributed by atoms with E-state index in [4.69, 9.17) is 4.42 Å². The molecule has 0 amide bonds. The Morgan fingerprint density at radius 3 is 2.64 bits per heavy atom. The van der Waals surface area contributed by atoms with E-state index >= 15 is 0 Å². The van der Waals surface area contributed by atoms with Gasteiger partial charge in [0.25, 0.3) is 0 Å². The molecular formula is C16H19N5O3S. The lowest BCUT2D eigenvalue weighted by molar-refractivity contribution is 0.534. The Labute approximate surface area is 146 Å². The highest BCUT2D eigenvalue weighted by atomic mass is 32.2. The van der Waals surface area contributed by atoms with Gasteiger partial charge in [0.1, 0.15) is 12.2 Å². The van der Waals surface area contributed by atoms with Crippen molar-refractivity contribution >= 4 is 10.0 Å². The van der Waals surface area contributed by atoms with Crippen LogP contribution in [0.15, 0.2) is 40.0 Å². The smallest absolute Gasteiger partial charge is 0.241 e. The molecule has 0 aliphatic heterocycles. The molecule has 0 bridgehead atoms. The number of hydrogen-bond donors (Lipinski definition) is 1. The molecule has 1 atom stereocenters. The summed E-state index contributed by atoms with van der Waals surface area (Å²) >= 11 is 0. The van der Waals surface area contributed by atoms with Crippen LogP contribution in [0.25, 0.3) is 11.3 Å². The van der Waals surface area contributed by atoms with Crippen LogP contribution in [0.2, 0.25) is 0 Å². The third kappa shape index (κ3) is 3.47. The van der Waals surface area contributed by atoms with Gasteiger partial charge in [-0.1, -0.05) is 12.1 Å². The highest BCUT2D eigenvalue weighted by molar-refractivity contribution is 7.89. The van der Waals surface area contributed by atoms with Gasteiger partial charge in [0.2, 0.25) is 10.0 Å². The van der Waals surface area contributed by atoms with Crippen molar-refractivity contribution in [2.45, 2.75) is 31.7 Å². The normalized spacial score (nSPS) is 13.1. The van der Waals surface area contributed by atoms with E-state index in [1.165, 1.54) is 6.33 Å². The fraction of sp³-hybridized carbons (Fsp3) is 0.312. The first kappa shape index (κ1) is 17.3. The molecule has 0 aliphatic rings. The fourth-order valence-electron chi connectivity index (χ4n) is 2.57. The second kappa shape index (κ2) is 6.41. The van der Waals surface area contributed by atoms with E-state index in [9.17, 15) is 8.42 Å². The average molecular weight is 361 g/mol. The second-order valence-corrected chi connectivity index (χ2v) is 7.55. The number of hydrogen-bond acceptors (Lipinski definition) is 6. The Morgan fingerprint density at radius 2 is 2.04 bits per heavy atom. The molecule has 3 rings (SSSR count). The lowest BCUT2D eigenvalue weighted by Gasteiger charge is -2.15. The molecule has 1 unspecified atom stereocenters. The number of aromatic nitrogens is 4. The summed E-state index contributed by atoms with van der Waals surface area (Å²) in [6.45, 7) is 5.21. The number of rotatable bonds is 5. The zero-order valence-electron chi connectivity index (χ0n) is 14.4. The van der Waals surface area contributed by atoms with E-state index < -0.39 is 16.1 Å². The van der Waals surface area contributed by atoms with Gasteiger partial charge in [-0.2, -0.15) is 0 Å². The Kier molecular flexibility index (Phi) is 4.44. The van der Waals surface area contributed by atoms with Crippen LogP contribution in [0, 0.1) is 13.8 Å². The number of nitrogens with zero attached hydrogens (tertiary/aromatic N) is 4. The third-order valence-corrected chi connectivity index (χ3v) is 5.53. The summed E-state index contributed by atoms with van der Waals surface area (Å²) in [5.41, 5.74) is 1.29. The zero-order valence-corrected chi connectivity index (χ0v) is 15.2. The van der Waals surface area contributed by atoms with Crippen molar-refractivity contribution in [1.29, 1.82) is 0 Å². The second-order valence-electron chi connectivity index (χ2n) is 5.87. The SMILES string of the molecule is Cc1ncc(-c2ccc(C)c(S(=O)(=O)NC(C)c3nncn3C)c2)o1. The zero-order chi connectivity index (χ0) is 18.2. The van der Waals surface area contributed by atoms with Gasteiger partial charge in [-0.25, -0.2) is 18.1 Å². The Morgan fingerprint density at radius 1 is 1.28 bits per heavy atom. The van der Waals surface area contributed by atoms with Gasteiger partial charge in [-0.15, -0.1) is 10.2 Å². The lowest BCUT2D eigenvalue weighted by atomic mass is 10.1. The fourth-order valence-corrected chi connectivity index (χ4v) is 4.04. The number of sulfonamides is 1. The molecule has 132 valence electrons. The summed E-state index contributed by atoms with van der Waals surface area (Å²) in [5.74, 6) is 1.58. The van der Waals surface area contributed by atoms with Crippen LogP contribution in [-0.2, 0) is 17.1 Å². The highest BCUT2D eigenvalue weighted by Crippen LogP contribution is 2.26. The molecule has 9 heteroatoms. The molecular weight excluding hydrogens is 342 g/mol. The van der Waals surface area contributed by atoms with E-state index in [1.54, 1.807) is 56.8 Å². The molecule has 0 saturated heterocycles. The van der Waals surface area contributed by atoms with Crippen LogP contribution in [0.4, 0.5) is 0 Å². The molecule has 25 heavy (non-hydrogen) atoms. The van der Waals surface area contributed by atoms with Crippen LogP contribution in [0.1, 0.15) is 30.2 Å². The molecule has 0 radical (unpaired) electrons. The van der Waals surface area contributed by atoms with Crippen molar-refractivity contribution in [2.75, 3.05) is 0 Å². The molecule has 0 spiro atoms. The van der Waals surface area contributed by atoms with Gasteiger partial charge in [-0.05, 0) is 25.5 Å². The first-order valence-corrected chi connectivity index (χ1v) is 9.16. The predicted octanol–water partition coefficient (Wildman–Crippen LogP) is 2.13. The first-order valence-electron chi connectivity index (χ1n) is 7.67. The highest BCUT2D eigenvalue weighted by Gasteiger charge is 2.23. The van der Waals surface area contributed by atoms with Crippen molar-refractivity contribution in [1.82, 2.24) is 24.5 Å². The van der Waals surface area contributed by atoms with Gasteiger partial charge in [0.15, 0.2) is 11.7 Å². The van der Waals surface area contributed by atoms with Gasteiger partial charge < -0.3 is 8.98 Å². The molecule has 3 aromatic rings. The largest absolute Gasteiger partial charge is 0.441 e. The Hall–Kier alpha value is -2.52. The number of benzene rings is 1. The molecule has 2 aromatic heterocycles. The molecule has 0 fully saturated rings. The minimum absolute atomic E-state index is 0.188. The first-order chi connectivity index (χ1) is 11.8. The minimum Gasteiger partial charge on any atom is -0.441 e. The Bertz CT molecular complexity index is 1010. The predicted molar refractivity (Wildman–Crippen MR) is 91.2 cm³/mol. The molecule has 2 heterocycles. The average Bonchev–Trinajstić information content (AvgIpc) is 3.15. The minimum atomic E-state index is -3.75. The molecule has 0 saturated carbocycles.